The Hall–Kier alpha value is -1.79. The third-order valence-corrected chi connectivity index (χ3v) is 5.57. The summed E-state index contributed by atoms with van der Waals surface area (Å²) in [6, 6.07) is 4.15. The van der Waals surface area contributed by atoms with Crippen LogP contribution >= 0.6 is 23.2 Å². The van der Waals surface area contributed by atoms with Gasteiger partial charge in [-0.2, -0.15) is 0 Å². The molecule has 3 rings (SSSR count). The summed E-state index contributed by atoms with van der Waals surface area (Å²) < 4.78 is 0. The number of amides is 4. The van der Waals surface area contributed by atoms with Crippen molar-refractivity contribution >= 4 is 46.7 Å². The van der Waals surface area contributed by atoms with Crippen LogP contribution in [0.5, 0.6) is 0 Å². The maximum atomic E-state index is 12.8. The highest BCUT2D eigenvalue weighted by Gasteiger charge is 2.55. The minimum atomic E-state index is -0.872. The first kappa shape index (κ1) is 18.0. The van der Waals surface area contributed by atoms with Crippen LogP contribution in [0.25, 0.3) is 0 Å². The molecule has 2 aliphatic rings. The van der Waals surface area contributed by atoms with Gasteiger partial charge in [-0.05, 0) is 37.0 Å². The lowest BCUT2D eigenvalue weighted by Crippen LogP contribution is -2.54. The lowest BCUT2D eigenvalue weighted by atomic mass is 9.73. The van der Waals surface area contributed by atoms with Gasteiger partial charge in [-0.25, -0.2) is 4.79 Å². The van der Waals surface area contributed by atoms with Crippen molar-refractivity contribution in [2.24, 2.45) is 5.92 Å². The minimum Gasteiger partial charge on any atom is -0.323 e. The average molecular weight is 384 g/mol. The maximum Gasteiger partial charge on any atom is 0.325 e. The molecule has 1 saturated heterocycles. The lowest BCUT2D eigenvalue weighted by Gasteiger charge is -2.36. The third kappa shape index (κ3) is 3.33. The van der Waals surface area contributed by atoms with Gasteiger partial charge in [0.05, 0.1) is 10.7 Å². The molecule has 0 unspecified atom stereocenters. The van der Waals surface area contributed by atoms with Crippen LogP contribution in [0.3, 0.4) is 0 Å². The molecule has 1 aromatic carbocycles. The molecule has 6 nitrogen and oxygen atoms in total. The van der Waals surface area contributed by atoms with Crippen molar-refractivity contribution < 1.29 is 14.4 Å². The Kier molecular flexibility index (Phi) is 4.93. The van der Waals surface area contributed by atoms with Gasteiger partial charge in [0, 0.05) is 5.02 Å². The fourth-order valence-electron chi connectivity index (χ4n) is 3.57. The van der Waals surface area contributed by atoms with Gasteiger partial charge >= 0.3 is 6.03 Å². The zero-order valence-corrected chi connectivity index (χ0v) is 15.3. The quantitative estimate of drug-likeness (QED) is 0.784. The molecule has 134 valence electrons. The van der Waals surface area contributed by atoms with Crippen LogP contribution in [-0.2, 0) is 9.59 Å². The lowest BCUT2D eigenvalue weighted by molar-refractivity contribution is -0.136. The summed E-state index contributed by atoms with van der Waals surface area (Å²) >= 11 is 11.9. The van der Waals surface area contributed by atoms with Crippen LogP contribution < -0.4 is 10.6 Å². The van der Waals surface area contributed by atoms with E-state index < -0.39 is 17.5 Å². The zero-order valence-electron chi connectivity index (χ0n) is 13.8. The van der Waals surface area contributed by atoms with Crippen LogP contribution in [0.4, 0.5) is 10.5 Å². The molecule has 1 aliphatic heterocycles. The van der Waals surface area contributed by atoms with E-state index in [2.05, 4.69) is 10.6 Å². The second-order valence-corrected chi connectivity index (χ2v) is 7.46. The maximum absolute atomic E-state index is 12.8. The summed E-state index contributed by atoms with van der Waals surface area (Å²) in [4.78, 5) is 38.4. The van der Waals surface area contributed by atoms with E-state index in [1.54, 1.807) is 12.1 Å². The summed E-state index contributed by atoms with van der Waals surface area (Å²) in [6.45, 7) is 1.61. The molecule has 2 fully saturated rings. The molecule has 8 heteroatoms. The molecule has 1 saturated carbocycles. The number of carbonyl (C=O) groups excluding carboxylic acids is 3. The SMILES string of the molecule is C[C@H]1CCCC[C@]12NC(=O)N(CC(=O)Nc1cc(Cl)ccc1Cl)C2=O. The Morgan fingerprint density at radius 1 is 1.36 bits per heavy atom. The van der Waals surface area contributed by atoms with Gasteiger partial charge in [-0.15, -0.1) is 0 Å². The molecule has 1 heterocycles. The molecule has 0 aromatic heterocycles. The average Bonchev–Trinajstić information content (AvgIpc) is 2.79. The van der Waals surface area contributed by atoms with Crippen LogP contribution in [0.1, 0.15) is 32.6 Å². The number of benzene rings is 1. The highest BCUT2D eigenvalue weighted by atomic mass is 35.5. The van der Waals surface area contributed by atoms with Crippen molar-refractivity contribution in [2.45, 2.75) is 38.1 Å². The molecule has 0 bridgehead atoms. The number of hydrogen-bond acceptors (Lipinski definition) is 3. The van der Waals surface area contributed by atoms with E-state index in [0.29, 0.717) is 22.2 Å². The van der Waals surface area contributed by atoms with E-state index in [1.165, 1.54) is 6.07 Å². The zero-order chi connectivity index (χ0) is 18.2. The van der Waals surface area contributed by atoms with Gasteiger partial charge < -0.3 is 10.6 Å². The third-order valence-electron chi connectivity index (χ3n) is 5.01. The first-order valence-electron chi connectivity index (χ1n) is 8.22. The molecular weight excluding hydrogens is 365 g/mol. The number of nitrogens with zero attached hydrogens (tertiary/aromatic N) is 1. The van der Waals surface area contributed by atoms with Gasteiger partial charge in [0.15, 0.2) is 0 Å². The van der Waals surface area contributed by atoms with E-state index in [9.17, 15) is 14.4 Å². The second kappa shape index (κ2) is 6.84. The summed E-state index contributed by atoms with van der Waals surface area (Å²) in [5, 5.41) is 6.16. The van der Waals surface area contributed by atoms with Crippen LogP contribution in [0.15, 0.2) is 18.2 Å². The van der Waals surface area contributed by atoms with Gasteiger partial charge in [0.2, 0.25) is 5.91 Å². The standard InChI is InChI=1S/C17H19Cl2N3O3/c1-10-4-2-3-7-17(10)15(24)22(16(25)21-17)9-14(23)20-13-8-11(18)5-6-12(13)19/h5-6,8,10H,2-4,7,9H2,1H3,(H,20,23)(H,21,25)/t10-,17-/m0/s1. The van der Waals surface area contributed by atoms with Crippen molar-refractivity contribution in [3.05, 3.63) is 28.2 Å². The fourth-order valence-corrected chi connectivity index (χ4v) is 3.90. The van der Waals surface area contributed by atoms with Crippen LogP contribution in [0, 0.1) is 5.92 Å². The van der Waals surface area contributed by atoms with E-state index in [0.717, 1.165) is 24.2 Å². The largest absolute Gasteiger partial charge is 0.325 e. The Morgan fingerprint density at radius 3 is 2.84 bits per heavy atom. The smallest absolute Gasteiger partial charge is 0.323 e. The van der Waals surface area contributed by atoms with Gasteiger partial charge in [-0.3, -0.25) is 14.5 Å². The molecular formula is C17H19Cl2N3O3. The highest BCUT2D eigenvalue weighted by Crippen LogP contribution is 2.38. The summed E-state index contributed by atoms with van der Waals surface area (Å²) in [7, 11) is 0. The van der Waals surface area contributed by atoms with Crippen molar-refractivity contribution in [1.82, 2.24) is 10.2 Å². The Labute approximate surface area is 155 Å². The molecule has 2 atom stereocenters. The molecule has 1 spiro atoms. The topological polar surface area (TPSA) is 78.5 Å². The molecule has 4 amide bonds. The van der Waals surface area contributed by atoms with Crippen molar-refractivity contribution in [3.63, 3.8) is 0 Å². The first-order valence-corrected chi connectivity index (χ1v) is 8.98. The first-order chi connectivity index (χ1) is 11.8. The van der Waals surface area contributed by atoms with Gasteiger partial charge in [-0.1, -0.05) is 43.0 Å². The van der Waals surface area contributed by atoms with Crippen molar-refractivity contribution in [2.75, 3.05) is 11.9 Å². The van der Waals surface area contributed by atoms with E-state index in [-0.39, 0.29) is 18.4 Å². The molecule has 2 N–H and O–H groups in total. The number of urea groups is 1. The number of carbonyl (C=O) groups is 3. The molecule has 1 aromatic rings. The van der Waals surface area contributed by atoms with E-state index >= 15 is 0 Å². The summed E-state index contributed by atoms with van der Waals surface area (Å²) in [5.74, 6) is -0.779. The van der Waals surface area contributed by atoms with Crippen LogP contribution in [0.2, 0.25) is 10.0 Å². The predicted molar refractivity (Wildman–Crippen MR) is 95.7 cm³/mol. The summed E-state index contributed by atoms with van der Waals surface area (Å²) in [5.41, 5.74) is -0.532. The summed E-state index contributed by atoms with van der Waals surface area (Å²) in [6.07, 6.45) is 3.41. The molecule has 25 heavy (non-hydrogen) atoms. The minimum absolute atomic E-state index is 0.0492. The van der Waals surface area contributed by atoms with Crippen LogP contribution in [-0.4, -0.2) is 34.8 Å². The number of rotatable bonds is 3. The molecule has 0 radical (unpaired) electrons. The predicted octanol–water partition coefficient (Wildman–Crippen LogP) is 3.43. The highest BCUT2D eigenvalue weighted by molar-refractivity contribution is 6.35. The van der Waals surface area contributed by atoms with E-state index in [4.69, 9.17) is 23.2 Å². The van der Waals surface area contributed by atoms with Gasteiger partial charge in [0.1, 0.15) is 12.1 Å². The number of halogens is 2. The number of hydrogen-bond donors (Lipinski definition) is 2. The molecule has 1 aliphatic carbocycles. The number of imide groups is 1. The van der Waals surface area contributed by atoms with E-state index in [1.807, 2.05) is 6.92 Å². The van der Waals surface area contributed by atoms with Crippen molar-refractivity contribution in [3.8, 4) is 0 Å². The van der Waals surface area contributed by atoms with Crippen molar-refractivity contribution in [1.29, 1.82) is 0 Å². The number of nitrogens with one attached hydrogen (secondary N) is 2. The number of anilines is 1. The monoisotopic (exact) mass is 383 g/mol. The second-order valence-electron chi connectivity index (χ2n) is 6.61. The normalized spacial score (nSPS) is 26.0. The Bertz CT molecular complexity index is 740. The Morgan fingerprint density at radius 2 is 2.12 bits per heavy atom. The van der Waals surface area contributed by atoms with Gasteiger partial charge in [0.25, 0.3) is 5.91 Å². The fraction of sp³-hybridized carbons (Fsp3) is 0.471. The Balaban J connectivity index is 1.72.